The third-order valence-corrected chi connectivity index (χ3v) is 3.63. The minimum Gasteiger partial charge on any atom is -0.252 e. The van der Waals surface area contributed by atoms with Gasteiger partial charge in [0.1, 0.15) is 12.2 Å². The monoisotopic (exact) mass is 217 g/mol. The van der Waals surface area contributed by atoms with Gasteiger partial charge in [-0.1, -0.05) is 6.92 Å². The first-order valence-electron chi connectivity index (χ1n) is 4.60. The Balaban J connectivity index is 2.48. The molecule has 0 bridgehead atoms. The van der Waals surface area contributed by atoms with Crippen LogP contribution < -0.4 is 0 Å². The average Bonchev–Trinajstić information content (AvgIpc) is 2.48. The van der Waals surface area contributed by atoms with Crippen LogP contribution in [-0.2, 0) is 16.4 Å². The number of nitrogens with zero attached hydrogens (tertiary/aromatic N) is 3. The second-order valence-electron chi connectivity index (χ2n) is 3.21. The molecule has 0 radical (unpaired) electrons. The van der Waals surface area contributed by atoms with E-state index in [1.54, 1.807) is 17.9 Å². The number of aryl methyl sites for hydroxylation is 2. The molecule has 1 rings (SSSR count). The summed E-state index contributed by atoms with van der Waals surface area (Å²) < 4.78 is 24.3. The molecular weight excluding hydrogens is 202 g/mol. The molecule has 0 aliphatic carbocycles. The minimum absolute atomic E-state index is 0.143. The molecule has 1 aromatic rings. The van der Waals surface area contributed by atoms with Crippen LogP contribution in [0.15, 0.2) is 6.33 Å². The van der Waals surface area contributed by atoms with Crippen LogP contribution >= 0.6 is 0 Å². The Labute approximate surface area is 84.1 Å². The van der Waals surface area contributed by atoms with Gasteiger partial charge in [-0.15, -0.1) is 0 Å². The smallest absolute Gasteiger partial charge is 0.152 e. The molecular formula is C8H15N3O2S. The number of sulfone groups is 1. The Morgan fingerprint density at radius 3 is 2.64 bits per heavy atom. The number of rotatable bonds is 5. The third kappa shape index (κ3) is 3.45. The maximum Gasteiger partial charge on any atom is 0.152 e. The first-order chi connectivity index (χ1) is 6.53. The number of aromatic nitrogens is 3. The molecule has 0 atom stereocenters. The molecule has 0 aromatic carbocycles. The summed E-state index contributed by atoms with van der Waals surface area (Å²) in [4.78, 5) is 3.92. The maximum absolute atomic E-state index is 11.3. The lowest BCUT2D eigenvalue weighted by atomic mass is 10.6. The molecule has 6 heteroatoms. The van der Waals surface area contributed by atoms with Crippen LogP contribution in [0, 0.1) is 6.92 Å². The maximum atomic E-state index is 11.3. The quantitative estimate of drug-likeness (QED) is 0.716. The van der Waals surface area contributed by atoms with Gasteiger partial charge in [0.05, 0.1) is 12.3 Å². The van der Waals surface area contributed by atoms with Crippen molar-refractivity contribution in [1.82, 2.24) is 14.8 Å². The highest BCUT2D eigenvalue weighted by Gasteiger charge is 2.09. The van der Waals surface area contributed by atoms with Crippen LogP contribution in [-0.4, -0.2) is 34.7 Å². The fourth-order valence-corrected chi connectivity index (χ4v) is 2.43. The first-order valence-corrected chi connectivity index (χ1v) is 6.42. The molecule has 0 saturated heterocycles. The fraction of sp³-hybridized carbons (Fsp3) is 0.750. The second kappa shape index (κ2) is 4.54. The summed E-state index contributed by atoms with van der Waals surface area (Å²) >= 11 is 0. The highest BCUT2D eigenvalue weighted by molar-refractivity contribution is 7.91. The van der Waals surface area contributed by atoms with Gasteiger partial charge in [0.25, 0.3) is 0 Å². The third-order valence-electron chi connectivity index (χ3n) is 1.80. The van der Waals surface area contributed by atoms with Gasteiger partial charge in [0.15, 0.2) is 9.84 Å². The Kier molecular flexibility index (Phi) is 3.62. The summed E-state index contributed by atoms with van der Waals surface area (Å²) in [6.07, 6.45) is 2.22. The zero-order valence-corrected chi connectivity index (χ0v) is 9.29. The van der Waals surface area contributed by atoms with Crippen LogP contribution in [0.1, 0.15) is 19.2 Å². The second-order valence-corrected chi connectivity index (χ2v) is 5.51. The molecule has 1 heterocycles. The fourth-order valence-electron chi connectivity index (χ4n) is 1.14. The van der Waals surface area contributed by atoms with Crippen molar-refractivity contribution in [3.8, 4) is 0 Å². The molecule has 0 amide bonds. The zero-order valence-electron chi connectivity index (χ0n) is 8.47. The van der Waals surface area contributed by atoms with Gasteiger partial charge in [-0.25, -0.2) is 13.4 Å². The molecule has 1 aromatic heterocycles. The van der Waals surface area contributed by atoms with Gasteiger partial charge in [-0.2, -0.15) is 5.10 Å². The predicted molar refractivity (Wildman–Crippen MR) is 53.7 cm³/mol. The van der Waals surface area contributed by atoms with E-state index < -0.39 is 9.84 Å². The summed E-state index contributed by atoms with van der Waals surface area (Å²) in [7, 11) is -2.91. The Bertz CT molecular complexity index is 383. The van der Waals surface area contributed by atoms with Gasteiger partial charge in [0, 0.05) is 5.75 Å². The van der Waals surface area contributed by atoms with E-state index in [2.05, 4.69) is 10.1 Å². The van der Waals surface area contributed by atoms with Crippen LogP contribution in [0.5, 0.6) is 0 Å². The molecule has 0 aliphatic rings. The van der Waals surface area contributed by atoms with E-state index in [0.717, 1.165) is 0 Å². The summed E-state index contributed by atoms with van der Waals surface area (Å²) in [6, 6.07) is 0. The molecule has 0 N–H and O–H groups in total. The van der Waals surface area contributed by atoms with Gasteiger partial charge < -0.3 is 0 Å². The van der Waals surface area contributed by atoms with E-state index in [0.29, 0.717) is 18.8 Å². The van der Waals surface area contributed by atoms with E-state index in [1.807, 2.05) is 6.92 Å². The molecule has 5 nitrogen and oxygen atoms in total. The molecule has 0 fully saturated rings. The van der Waals surface area contributed by atoms with E-state index in [9.17, 15) is 8.42 Å². The Morgan fingerprint density at radius 1 is 1.43 bits per heavy atom. The molecule has 0 aliphatic heterocycles. The normalized spacial score (nSPS) is 11.9. The van der Waals surface area contributed by atoms with Crippen LogP contribution in [0.2, 0.25) is 0 Å². The van der Waals surface area contributed by atoms with Gasteiger partial charge in [0.2, 0.25) is 0 Å². The topological polar surface area (TPSA) is 64.8 Å². The Morgan fingerprint density at radius 2 is 2.14 bits per heavy atom. The molecule has 14 heavy (non-hydrogen) atoms. The van der Waals surface area contributed by atoms with Crippen molar-refractivity contribution in [2.24, 2.45) is 0 Å². The standard InChI is InChI=1S/C8H15N3O2S/c1-3-5-14(12,13)6-4-11-7-9-8(2)10-11/h7H,3-6H2,1-2H3. The van der Waals surface area contributed by atoms with Gasteiger partial charge in [-0.3, -0.25) is 4.68 Å². The van der Waals surface area contributed by atoms with Crippen molar-refractivity contribution >= 4 is 9.84 Å². The Hall–Kier alpha value is -0.910. The van der Waals surface area contributed by atoms with E-state index in [-0.39, 0.29) is 11.5 Å². The lowest BCUT2D eigenvalue weighted by Gasteiger charge is -2.01. The van der Waals surface area contributed by atoms with Crippen molar-refractivity contribution in [3.63, 3.8) is 0 Å². The highest BCUT2D eigenvalue weighted by Crippen LogP contribution is 1.96. The molecule has 0 unspecified atom stereocenters. The summed E-state index contributed by atoms with van der Waals surface area (Å²) in [6.45, 7) is 4.03. The van der Waals surface area contributed by atoms with Crippen LogP contribution in [0.3, 0.4) is 0 Å². The number of hydrogen-bond donors (Lipinski definition) is 0. The first kappa shape index (κ1) is 11.2. The van der Waals surface area contributed by atoms with E-state index in [4.69, 9.17) is 0 Å². The van der Waals surface area contributed by atoms with Crippen LogP contribution in [0.4, 0.5) is 0 Å². The van der Waals surface area contributed by atoms with Crippen molar-refractivity contribution in [2.45, 2.75) is 26.8 Å². The van der Waals surface area contributed by atoms with Crippen molar-refractivity contribution in [1.29, 1.82) is 0 Å². The van der Waals surface area contributed by atoms with E-state index >= 15 is 0 Å². The SMILES string of the molecule is CCCS(=O)(=O)CCn1cnc(C)n1. The number of hydrogen-bond acceptors (Lipinski definition) is 4. The van der Waals surface area contributed by atoms with Gasteiger partial charge in [-0.05, 0) is 13.3 Å². The van der Waals surface area contributed by atoms with Crippen molar-refractivity contribution in [3.05, 3.63) is 12.2 Å². The predicted octanol–water partition coefficient (Wildman–Crippen LogP) is 0.411. The molecule has 0 spiro atoms. The summed E-state index contributed by atoms with van der Waals surface area (Å²) in [5.41, 5.74) is 0. The van der Waals surface area contributed by atoms with Crippen molar-refractivity contribution in [2.75, 3.05) is 11.5 Å². The minimum atomic E-state index is -2.91. The van der Waals surface area contributed by atoms with Crippen LogP contribution in [0.25, 0.3) is 0 Å². The zero-order chi connectivity index (χ0) is 10.6. The largest absolute Gasteiger partial charge is 0.252 e. The summed E-state index contributed by atoms with van der Waals surface area (Å²) in [5, 5.41) is 4.01. The van der Waals surface area contributed by atoms with Gasteiger partial charge >= 0.3 is 0 Å². The van der Waals surface area contributed by atoms with E-state index in [1.165, 1.54) is 0 Å². The molecule has 80 valence electrons. The average molecular weight is 217 g/mol. The molecule has 0 saturated carbocycles. The highest BCUT2D eigenvalue weighted by atomic mass is 32.2. The lowest BCUT2D eigenvalue weighted by molar-refractivity contribution is 0.578. The summed E-state index contributed by atoms with van der Waals surface area (Å²) in [5.74, 6) is 1.06. The lowest BCUT2D eigenvalue weighted by Crippen LogP contribution is -2.16. The van der Waals surface area contributed by atoms with Crippen molar-refractivity contribution < 1.29 is 8.42 Å².